The van der Waals surface area contributed by atoms with Crippen LogP contribution in [0.2, 0.25) is 0 Å². The van der Waals surface area contributed by atoms with Gasteiger partial charge in [0, 0.05) is 32.1 Å². The number of ether oxygens (including phenoxy) is 2. The minimum absolute atomic E-state index is 0.0682. The highest BCUT2D eigenvalue weighted by Gasteiger charge is 2.31. The minimum atomic E-state index is -0.962. The number of carboxylic acid groups (broad SMARTS) is 1. The van der Waals surface area contributed by atoms with Crippen LogP contribution in [-0.2, 0) is 4.79 Å². The van der Waals surface area contributed by atoms with E-state index in [1.165, 1.54) is 0 Å². The lowest BCUT2D eigenvalue weighted by Crippen LogP contribution is -2.30. The quantitative estimate of drug-likeness (QED) is 0.781. The summed E-state index contributed by atoms with van der Waals surface area (Å²) < 4.78 is 11.1. The SMILES string of the molecule is CC1(C)Oc2ccc(NC(=O)NCCC(=O)O)cc2O1. The van der Waals surface area contributed by atoms with Crippen LogP contribution in [-0.4, -0.2) is 29.4 Å². The van der Waals surface area contributed by atoms with Crippen LogP contribution in [0.3, 0.4) is 0 Å². The van der Waals surface area contributed by atoms with Crippen LogP contribution in [0, 0.1) is 0 Å². The molecule has 0 spiro atoms. The molecule has 20 heavy (non-hydrogen) atoms. The van der Waals surface area contributed by atoms with E-state index in [2.05, 4.69) is 10.6 Å². The largest absolute Gasteiger partial charge is 0.481 e. The fourth-order valence-corrected chi connectivity index (χ4v) is 1.76. The van der Waals surface area contributed by atoms with Gasteiger partial charge < -0.3 is 25.2 Å². The predicted molar refractivity (Wildman–Crippen MR) is 71.1 cm³/mol. The van der Waals surface area contributed by atoms with Gasteiger partial charge in [0.1, 0.15) is 0 Å². The maximum Gasteiger partial charge on any atom is 0.319 e. The molecule has 1 aromatic carbocycles. The van der Waals surface area contributed by atoms with E-state index >= 15 is 0 Å². The number of hydrogen-bond acceptors (Lipinski definition) is 4. The number of amides is 2. The molecule has 2 rings (SSSR count). The van der Waals surface area contributed by atoms with Crippen LogP contribution in [0.25, 0.3) is 0 Å². The van der Waals surface area contributed by atoms with Crippen LogP contribution >= 0.6 is 0 Å². The Kier molecular flexibility index (Phi) is 3.69. The van der Waals surface area contributed by atoms with Gasteiger partial charge in [-0.25, -0.2) is 4.79 Å². The standard InChI is InChI=1S/C13H16N2O5/c1-13(2)19-9-4-3-8(7-10(9)20-13)15-12(18)14-6-5-11(16)17/h3-4,7H,5-6H2,1-2H3,(H,16,17)(H2,14,15,18). The Bertz CT molecular complexity index is 542. The van der Waals surface area contributed by atoms with E-state index in [0.29, 0.717) is 17.2 Å². The van der Waals surface area contributed by atoms with E-state index in [-0.39, 0.29) is 13.0 Å². The second kappa shape index (κ2) is 5.28. The summed E-state index contributed by atoms with van der Waals surface area (Å²) >= 11 is 0. The van der Waals surface area contributed by atoms with Crippen LogP contribution in [0.4, 0.5) is 10.5 Å². The Morgan fingerprint density at radius 1 is 1.25 bits per heavy atom. The van der Waals surface area contributed by atoms with Gasteiger partial charge in [0.15, 0.2) is 11.5 Å². The summed E-state index contributed by atoms with van der Waals surface area (Å²) in [6, 6.07) is 4.57. The van der Waals surface area contributed by atoms with Crippen molar-refractivity contribution in [3.8, 4) is 11.5 Å². The van der Waals surface area contributed by atoms with Gasteiger partial charge in [-0.15, -0.1) is 0 Å². The van der Waals surface area contributed by atoms with Gasteiger partial charge >= 0.3 is 12.0 Å². The Morgan fingerprint density at radius 2 is 1.95 bits per heavy atom. The summed E-state index contributed by atoms with van der Waals surface area (Å²) in [5.74, 6) is -0.508. The number of fused-ring (bicyclic) bond motifs is 1. The third kappa shape index (κ3) is 3.53. The Labute approximate surface area is 115 Å². The molecule has 0 fully saturated rings. The van der Waals surface area contributed by atoms with E-state index in [9.17, 15) is 9.59 Å². The summed E-state index contributed by atoms with van der Waals surface area (Å²) in [4.78, 5) is 21.9. The first-order valence-electron chi connectivity index (χ1n) is 6.14. The van der Waals surface area contributed by atoms with Crippen molar-refractivity contribution in [1.82, 2.24) is 5.32 Å². The zero-order valence-corrected chi connectivity index (χ0v) is 11.2. The zero-order valence-electron chi connectivity index (χ0n) is 11.2. The molecule has 2 amide bonds. The van der Waals surface area contributed by atoms with Gasteiger partial charge in [0.05, 0.1) is 6.42 Å². The third-order valence-electron chi connectivity index (χ3n) is 2.54. The maximum absolute atomic E-state index is 11.5. The molecule has 0 aromatic heterocycles. The fourth-order valence-electron chi connectivity index (χ4n) is 1.76. The fraction of sp³-hybridized carbons (Fsp3) is 0.385. The molecule has 0 saturated carbocycles. The lowest BCUT2D eigenvalue weighted by atomic mass is 10.3. The van der Waals surface area contributed by atoms with E-state index in [0.717, 1.165) is 0 Å². The number of aliphatic carboxylic acids is 1. The van der Waals surface area contributed by atoms with Crippen molar-refractivity contribution in [3.63, 3.8) is 0 Å². The molecular formula is C13H16N2O5. The molecule has 1 aliphatic rings. The monoisotopic (exact) mass is 280 g/mol. The number of rotatable bonds is 4. The second-order valence-corrected chi connectivity index (χ2v) is 4.79. The van der Waals surface area contributed by atoms with Crippen molar-refractivity contribution in [2.75, 3.05) is 11.9 Å². The van der Waals surface area contributed by atoms with Crippen molar-refractivity contribution in [1.29, 1.82) is 0 Å². The van der Waals surface area contributed by atoms with Gasteiger partial charge in [0.2, 0.25) is 5.79 Å². The molecular weight excluding hydrogens is 264 g/mol. The Morgan fingerprint density at radius 3 is 2.65 bits per heavy atom. The van der Waals surface area contributed by atoms with Crippen molar-refractivity contribution in [3.05, 3.63) is 18.2 Å². The molecule has 1 aromatic rings. The molecule has 0 unspecified atom stereocenters. The normalized spacial score (nSPS) is 14.7. The number of urea groups is 1. The van der Waals surface area contributed by atoms with Gasteiger partial charge in [-0.3, -0.25) is 4.79 Å². The molecule has 1 aliphatic heterocycles. The highest BCUT2D eigenvalue weighted by Crippen LogP contribution is 2.40. The number of carbonyl (C=O) groups excluding carboxylic acids is 1. The average molecular weight is 280 g/mol. The average Bonchev–Trinajstić information content (AvgIpc) is 2.61. The number of carbonyl (C=O) groups is 2. The summed E-state index contributed by atoms with van der Waals surface area (Å²) in [5.41, 5.74) is 0.540. The molecule has 0 saturated heterocycles. The summed E-state index contributed by atoms with van der Waals surface area (Å²) in [7, 11) is 0. The number of anilines is 1. The molecule has 3 N–H and O–H groups in total. The van der Waals surface area contributed by atoms with Crippen molar-refractivity contribution in [2.45, 2.75) is 26.1 Å². The van der Waals surface area contributed by atoms with E-state index < -0.39 is 17.8 Å². The number of nitrogens with one attached hydrogen (secondary N) is 2. The van der Waals surface area contributed by atoms with Gasteiger partial charge in [-0.1, -0.05) is 0 Å². The van der Waals surface area contributed by atoms with Crippen LogP contribution in [0.1, 0.15) is 20.3 Å². The third-order valence-corrected chi connectivity index (χ3v) is 2.54. The Balaban J connectivity index is 1.92. The van der Waals surface area contributed by atoms with Crippen LogP contribution in [0.5, 0.6) is 11.5 Å². The summed E-state index contributed by atoms with van der Waals surface area (Å²) in [6.07, 6.45) is -0.122. The molecule has 0 aliphatic carbocycles. The number of carboxylic acids is 1. The predicted octanol–water partition coefficient (Wildman–Crippen LogP) is 1.79. The molecule has 7 heteroatoms. The molecule has 0 atom stereocenters. The van der Waals surface area contributed by atoms with Crippen LogP contribution in [0.15, 0.2) is 18.2 Å². The topological polar surface area (TPSA) is 96.9 Å². The zero-order chi connectivity index (χ0) is 14.8. The first-order chi connectivity index (χ1) is 9.35. The van der Waals surface area contributed by atoms with Crippen molar-refractivity contribution < 1.29 is 24.2 Å². The lowest BCUT2D eigenvalue weighted by Gasteiger charge is -2.16. The maximum atomic E-state index is 11.5. The number of benzene rings is 1. The first kappa shape index (κ1) is 14.0. The summed E-state index contributed by atoms with van der Waals surface area (Å²) in [5, 5.41) is 13.5. The van der Waals surface area contributed by atoms with Crippen molar-refractivity contribution in [2.24, 2.45) is 0 Å². The highest BCUT2D eigenvalue weighted by atomic mass is 16.7. The van der Waals surface area contributed by atoms with E-state index in [4.69, 9.17) is 14.6 Å². The second-order valence-electron chi connectivity index (χ2n) is 4.79. The van der Waals surface area contributed by atoms with Crippen molar-refractivity contribution >= 4 is 17.7 Å². The smallest absolute Gasteiger partial charge is 0.319 e. The van der Waals surface area contributed by atoms with Gasteiger partial charge in [-0.05, 0) is 12.1 Å². The molecule has 1 heterocycles. The van der Waals surface area contributed by atoms with Gasteiger partial charge in [-0.2, -0.15) is 0 Å². The van der Waals surface area contributed by atoms with Gasteiger partial charge in [0.25, 0.3) is 0 Å². The number of hydrogen-bond donors (Lipinski definition) is 3. The minimum Gasteiger partial charge on any atom is -0.481 e. The van der Waals surface area contributed by atoms with E-state index in [1.807, 2.05) is 0 Å². The van der Waals surface area contributed by atoms with Crippen LogP contribution < -0.4 is 20.1 Å². The Hall–Kier alpha value is -2.44. The highest BCUT2D eigenvalue weighted by molar-refractivity contribution is 5.89. The summed E-state index contributed by atoms with van der Waals surface area (Å²) in [6.45, 7) is 3.65. The molecule has 0 bridgehead atoms. The van der Waals surface area contributed by atoms with E-state index in [1.54, 1.807) is 32.0 Å². The molecule has 0 radical (unpaired) electrons. The first-order valence-corrected chi connectivity index (χ1v) is 6.14. The molecule has 7 nitrogen and oxygen atoms in total. The molecule has 108 valence electrons. The lowest BCUT2D eigenvalue weighted by molar-refractivity contribution is -0.136.